The summed E-state index contributed by atoms with van der Waals surface area (Å²) in [5, 5.41) is 13.6. The van der Waals surface area contributed by atoms with E-state index in [4.69, 9.17) is 17.3 Å². The van der Waals surface area contributed by atoms with E-state index in [-0.39, 0.29) is 5.75 Å². The van der Waals surface area contributed by atoms with E-state index in [1.54, 1.807) is 30.1 Å². The Bertz CT molecular complexity index is 488. The summed E-state index contributed by atoms with van der Waals surface area (Å²) >= 11 is 5.81. The van der Waals surface area contributed by atoms with Crippen molar-refractivity contribution in [2.24, 2.45) is 7.05 Å². The fourth-order valence-electron chi connectivity index (χ4n) is 1.46. The smallest absolute Gasteiger partial charge is 0.134 e. The maximum atomic E-state index is 9.29. The molecule has 0 spiro atoms. The molecular formula is C10H10ClN3O. The molecule has 0 unspecified atom stereocenters. The van der Waals surface area contributed by atoms with Crippen LogP contribution in [0.4, 0.5) is 5.69 Å². The minimum Gasteiger partial charge on any atom is -0.506 e. The van der Waals surface area contributed by atoms with Crippen LogP contribution in [0.25, 0.3) is 11.3 Å². The van der Waals surface area contributed by atoms with Gasteiger partial charge in [-0.25, -0.2) is 0 Å². The lowest BCUT2D eigenvalue weighted by atomic mass is 10.1. The minimum absolute atomic E-state index is 0.0566. The summed E-state index contributed by atoms with van der Waals surface area (Å²) in [7, 11) is 1.80. The zero-order valence-electron chi connectivity index (χ0n) is 8.11. The van der Waals surface area contributed by atoms with Crippen molar-refractivity contribution in [3.8, 4) is 17.0 Å². The Morgan fingerprint density at radius 3 is 2.73 bits per heavy atom. The van der Waals surface area contributed by atoms with Crippen LogP contribution in [0.3, 0.4) is 0 Å². The molecule has 0 fully saturated rings. The van der Waals surface area contributed by atoms with Gasteiger partial charge in [-0.1, -0.05) is 11.6 Å². The van der Waals surface area contributed by atoms with Crippen molar-refractivity contribution in [1.29, 1.82) is 0 Å². The normalized spacial score (nSPS) is 10.5. The van der Waals surface area contributed by atoms with E-state index in [0.29, 0.717) is 10.7 Å². The monoisotopic (exact) mass is 223 g/mol. The summed E-state index contributed by atoms with van der Waals surface area (Å²) in [5.41, 5.74) is 7.97. The van der Waals surface area contributed by atoms with Crippen LogP contribution in [-0.4, -0.2) is 14.9 Å². The number of nitrogens with two attached hydrogens (primary N) is 1. The summed E-state index contributed by atoms with van der Waals surface area (Å²) < 4.78 is 1.66. The first-order valence-electron chi connectivity index (χ1n) is 4.36. The average Bonchev–Trinajstić information content (AvgIpc) is 2.52. The van der Waals surface area contributed by atoms with Gasteiger partial charge in [0.1, 0.15) is 5.75 Å². The van der Waals surface area contributed by atoms with Crippen molar-refractivity contribution in [2.75, 3.05) is 5.73 Å². The fraction of sp³-hybridized carbons (Fsp3) is 0.100. The van der Waals surface area contributed by atoms with Crippen LogP contribution in [-0.2, 0) is 7.05 Å². The van der Waals surface area contributed by atoms with Gasteiger partial charge in [-0.15, -0.1) is 0 Å². The maximum absolute atomic E-state index is 9.29. The molecule has 2 aromatic rings. The predicted molar refractivity (Wildman–Crippen MR) is 59.7 cm³/mol. The molecule has 15 heavy (non-hydrogen) atoms. The molecular weight excluding hydrogens is 214 g/mol. The number of nitrogen functional groups attached to an aromatic ring is 1. The Labute approximate surface area is 91.9 Å². The van der Waals surface area contributed by atoms with Gasteiger partial charge in [0.25, 0.3) is 0 Å². The second kappa shape index (κ2) is 3.47. The number of hydrogen-bond donors (Lipinski definition) is 2. The van der Waals surface area contributed by atoms with Gasteiger partial charge in [-0.2, -0.15) is 5.10 Å². The molecule has 1 aromatic carbocycles. The Balaban J connectivity index is 2.59. The molecule has 78 valence electrons. The molecule has 0 atom stereocenters. The Hall–Kier alpha value is -1.68. The minimum atomic E-state index is 0.0566. The Morgan fingerprint density at radius 2 is 2.20 bits per heavy atom. The van der Waals surface area contributed by atoms with E-state index in [2.05, 4.69) is 5.10 Å². The average molecular weight is 224 g/mol. The SMILES string of the molecule is Cn1ncc(N)c1-c1ccc(O)c(Cl)c1. The van der Waals surface area contributed by atoms with Gasteiger partial charge in [0.05, 0.1) is 22.6 Å². The van der Waals surface area contributed by atoms with Crippen LogP contribution < -0.4 is 5.73 Å². The predicted octanol–water partition coefficient (Wildman–Crippen LogP) is 2.03. The molecule has 2 rings (SSSR count). The van der Waals surface area contributed by atoms with E-state index in [9.17, 15) is 5.11 Å². The lowest BCUT2D eigenvalue weighted by Gasteiger charge is -2.05. The van der Waals surface area contributed by atoms with E-state index in [1.165, 1.54) is 6.07 Å². The van der Waals surface area contributed by atoms with Crippen molar-refractivity contribution >= 4 is 17.3 Å². The Morgan fingerprint density at radius 1 is 1.47 bits per heavy atom. The van der Waals surface area contributed by atoms with E-state index < -0.39 is 0 Å². The Kier molecular flexibility index (Phi) is 2.28. The summed E-state index contributed by atoms with van der Waals surface area (Å²) in [4.78, 5) is 0. The number of aromatic nitrogens is 2. The largest absolute Gasteiger partial charge is 0.506 e. The standard InChI is InChI=1S/C10H10ClN3O/c1-14-10(8(12)5-13-14)6-2-3-9(15)7(11)4-6/h2-5,15H,12H2,1H3. The van der Waals surface area contributed by atoms with Crippen LogP contribution in [0.2, 0.25) is 5.02 Å². The number of halogens is 1. The molecule has 0 aliphatic carbocycles. The zero-order valence-corrected chi connectivity index (χ0v) is 8.86. The number of hydrogen-bond acceptors (Lipinski definition) is 3. The molecule has 0 bridgehead atoms. The maximum Gasteiger partial charge on any atom is 0.134 e. The van der Waals surface area contributed by atoms with Crippen LogP contribution >= 0.6 is 11.6 Å². The summed E-state index contributed by atoms with van der Waals surface area (Å²) in [5.74, 6) is 0.0566. The van der Waals surface area contributed by atoms with Crippen molar-refractivity contribution in [2.45, 2.75) is 0 Å². The highest BCUT2D eigenvalue weighted by molar-refractivity contribution is 6.32. The molecule has 4 nitrogen and oxygen atoms in total. The third-order valence-corrected chi connectivity index (χ3v) is 2.49. The van der Waals surface area contributed by atoms with E-state index in [0.717, 1.165) is 11.3 Å². The second-order valence-corrected chi connectivity index (χ2v) is 3.65. The number of aryl methyl sites for hydroxylation is 1. The highest BCUT2D eigenvalue weighted by Gasteiger charge is 2.09. The number of phenols is 1. The quantitative estimate of drug-likeness (QED) is 0.778. The molecule has 0 radical (unpaired) electrons. The van der Waals surface area contributed by atoms with Crippen molar-refractivity contribution < 1.29 is 5.11 Å². The van der Waals surface area contributed by atoms with Gasteiger partial charge in [-0.05, 0) is 18.2 Å². The number of nitrogens with zero attached hydrogens (tertiary/aromatic N) is 2. The third-order valence-electron chi connectivity index (χ3n) is 2.19. The lowest BCUT2D eigenvalue weighted by Crippen LogP contribution is -1.95. The molecule has 1 aromatic heterocycles. The van der Waals surface area contributed by atoms with Crippen LogP contribution in [0.15, 0.2) is 24.4 Å². The number of rotatable bonds is 1. The topological polar surface area (TPSA) is 64.1 Å². The van der Waals surface area contributed by atoms with E-state index >= 15 is 0 Å². The molecule has 1 heterocycles. The van der Waals surface area contributed by atoms with Crippen LogP contribution in [0.1, 0.15) is 0 Å². The van der Waals surface area contributed by atoms with Gasteiger partial charge in [0.15, 0.2) is 0 Å². The van der Waals surface area contributed by atoms with Crippen LogP contribution in [0, 0.1) is 0 Å². The van der Waals surface area contributed by atoms with Crippen LogP contribution in [0.5, 0.6) is 5.75 Å². The molecule has 5 heteroatoms. The fourth-order valence-corrected chi connectivity index (χ4v) is 1.64. The second-order valence-electron chi connectivity index (χ2n) is 3.24. The highest BCUT2D eigenvalue weighted by Crippen LogP contribution is 2.31. The number of benzene rings is 1. The summed E-state index contributed by atoms with van der Waals surface area (Å²) in [6, 6.07) is 4.93. The van der Waals surface area contributed by atoms with Gasteiger partial charge in [-0.3, -0.25) is 4.68 Å². The third kappa shape index (κ3) is 1.64. The molecule has 3 N–H and O–H groups in total. The first kappa shape index (κ1) is 9.86. The van der Waals surface area contributed by atoms with Crippen molar-refractivity contribution in [3.63, 3.8) is 0 Å². The molecule has 0 aliphatic rings. The number of aromatic hydroxyl groups is 1. The first-order chi connectivity index (χ1) is 7.09. The zero-order chi connectivity index (χ0) is 11.0. The summed E-state index contributed by atoms with van der Waals surface area (Å²) in [6.07, 6.45) is 1.58. The summed E-state index contributed by atoms with van der Waals surface area (Å²) in [6.45, 7) is 0. The number of anilines is 1. The number of phenolic OH excluding ortho intramolecular Hbond substituents is 1. The van der Waals surface area contributed by atoms with Crippen molar-refractivity contribution in [3.05, 3.63) is 29.4 Å². The molecule has 0 aliphatic heterocycles. The molecule has 0 amide bonds. The molecule has 0 saturated heterocycles. The van der Waals surface area contributed by atoms with Gasteiger partial charge in [0, 0.05) is 12.6 Å². The van der Waals surface area contributed by atoms with E-state index in [1.807, 2.05) is 0 Å². The molecule has 0 saturated carbocycles. The van der Waals surface area contributed by atoms with Gasteiger partial charge >= 0.3 is 0 Å². The van der Waals surface area contributed by atoms with Gasteiger partial charge in [0.2, 0.25) is 0 Å². The first-order valence-corrected chi connectivity index (χ1v) is 4.73. The lowest BCUT2D eigenvalue weighted by molar-refractivity contribution is 0.475. The highest BCUT2D eigenvalue weighted by atomic mass is 35.5. The van der Waals surface area contributed by atoms with Crippen molar-refractivity contribution in [1.82, 2.24) is 9.78 Å². The van der Waals surface area contributed by atoms with Gasteiger partial charge < -0.3 is 10.8 Å².